The predicted molar refractivity (Wildman–Crippen MR) is 245 cm³/mol. The molecule has 5 amide bonds. The molecule has 4 N–H and O–H groups in total. The van der Waals surface area contributed by atoms with Crippen LogP contribution in [0, 0.1) is 5.82 Å². The number of likely N-dealkylation sites (tertiary alicyclic amines) is 1. The van der Waals surface area contributed by atoms with Crippen molar-refractivity contribution in [1.29, 1.82) is 0 Å². The third kappa shape index (κ3) is 12.7. The van der Waals surface area contributed by atoms with Gasteiger partial charge in [0.2, 0.25) is 11.8 Å². The maximum atomic E-state index is 14.1. The lowest BCUT2D eigenvalue weighted by atomic mass is 10.0. The quantitative estimate of drug-likeness (QED) is 0.0502. The number of aromatic nitrogens is 3. The van der Waals surface area contributed by atoms with E-state index in [1.54, 1.807) is 25.4 Å². The molecule has 68 heavy (non-hydrogen) atoms. The van der Waals surface area contributed by atoms with E-state index in [-0.39, 0.29) is 64.8 Å². The number of benzene rings is 2. The number of pyridine rings is 1. The van der Waals surface area contributed by atoms with Crippen molar-refractivity contribution in [2.75, 3.05) is 91.4 Å². The molecule has 0 aliphatic carbocycles. The Morgan fingerprint density at radius 2 is 1.60 bits per heavy atom. The molecule has 1 unspecified atom stereocenters. The van der Waals surface area contributed by atoms with Crippen molar-refractivity contribution < 1.29 is 56.8 Å². The number of hydrogen-bond acceptors (Lipinski definition) is 15. The molecule has 22 heteroatoms. The maximum Gasteiger partial charge on any atom is 0.266 e. The Bertz CT molecular complexity index is 2450. The van der Waals surface area contributed by atoms with Crippen molar-refractivity contribution in [3.8, 4) is 22.6 Å². The van der Waals surface area contributed by atoms with Crippen LogP contribution in [-0.2, 0) is 33.3 Å². The molecule has 5 heterocycles. The second-order valence-corrected chi connectivity index (χ2v) is 16.9. The number of nitrogen functional groups attached to an aromatic ring is 1. The first kappa shape index (κ1) is 50.1. The molecule has 0 radical (unpaired) electrons. The number of rotatable bonds is 24. The van der Waals surface area contributed by atoms with Gasteiger partial charge in [0.05, 0.1) is 81.2 Å². The number of fused-ring (bicyclic) bond motifs is 1. The first-order valence-electron chi connectivity index (χ1n) is 22.3. The highest BCUT2D eigenvalue weighted by Crippen LogP contribution is 2.38. The average Bonchev–Trinajstić information content (AvgIpc) is 3.92. The van der Waals surface area contributed by atoms with E-state index in [1.807, 2.05) is 10.9 Å². The zero-order valence-electron chi connectivity index (χ0n) is 37.4. The number of nitrogens with zero attached hydrogens (tertiary/aromatic N) is 5. The van der Waals surface area contributed by atoms with Gasteiger partial charge in [-0.3, -0.25) is 38.9 Å². The Balaban J connectivity index is 0.682. The average molecular weight is 984 g/mol. The summed E-state index contributed by atoms with van der Waals surface area (Å²) in [5.41, 5.74) is 8.11. The SMILES string of the molecule is C[C@@H](Oc1cc(-c2cnn(C3CCN(CCOCCOCCOCCOCCNC(=O)COc4cccc5c4C(=O)N(C4CCC(=O)NC4=O)C5=O)CC3)c2)cnc1N)c1c(Cl)ccc(F)c1Cl. The molecular formula is C46H53Cl2FN8O11. The summed E-state index contributed by atoms with van der Waals surface area (Å²) in [6, 6.07) is 7.98. The fourth-order valence-electron chi connectivity index (χ4n) is 7.98. The van der Waals surface area contributed by atoms with Crippen LogP contribution in [0.25, 0.3) is 11.1 Å². The van der Waals surface area contributed by atoms with Crippen LogP contribution in [0.2, 0.25) is 10.0 Å². The second kappa shape index (κ2) is 24.0. The molecule has 0 saturated carbocycles. The van der Waals surface area contributed by atoms with Crippen LogP contribution in [0.5, 0.6) is 11.5 Å². The second-order valence-electron chi connectivity index (χ2n) is 16.1. The minimum Gasteiger partial charge on any atom is -0.483 e. The molecule has 19 nitrogen and oxygen atoms in total. The summed E-state index contributed by atoms with van der Waals surface area (Å²) in [4.78, 5) is 70.0. The molecule has 0 bridgehead atoms. The molecule has 7 rings (SSSR count). The number of imide groups is 2. The van der Waals surface area contributed by atoms with Crippen LogP contribution in [0.15, 0.2) is 55.0 Å². The van der Waals surface area contributed by atoms with Gasteiger partial charge in [-0.2, -0.15) is 5.10 Å². The summed E-state index contributed by atoms with van der Waals surface area (Å²) in [5.74, 6) is -3.08. The highest BCUT2D eigenvalue weighted by atomic mass is 35.5. The van der Waals surface area contributed by atoms with Crippen LogP contribution < -0.4 is 25.8 Å². The number of carbonyl (C=O) groups excluding carboxylic acids is 5. The Labute approximate surface area is 401 Å². The minimum absolute atomic E-state index is 0.00493. The minimum atomic E-state index is -1.11. The van der Waals surface area contributed by atoms with Crippen molar-refractivity contribution >= 4 is 58.6 Å². The van der Waals surface area contributed by atoms with Gasteiger partial charge in [-0.25, -0.2) is 9.37 Å². The molecule has 2 aromatic heterocycles. The molecule has 3 aliphatic rings. The number of nitrogens with one attached hydrogen (secondary N) is 2. The maximum absolute atomic E-state index is 14.1. The molecule has 364 valence electrons. The predicted octanol–water partition coefficient (Wildman–Crippen LogP) is 4.41. The normalized spacial score (nSPS) is 17.1. The van der Waals surface area contributed by atoms with E-state index < -0.39 is 54.1 Å². The topological polar surface area (TPSA) is 228 Å². The molecule has 2 fully saturated rings. The van der Waals surface area contributed by atoms with E-state index in [2.05, 4.69) is 25.6 Å². The van der Waals surface area contributed by atoms with Gasteiger partial charge in [0.25, 0.3) is 17.7 Å². The first-order valence-corrected chi connectivity index (χ1v) is 23.0. The van der Waals surface area contributed by atoms with Gasteiger partial charge in [-0.05, 0) is 56.5 Å². The number of ether oxygens (including phenoxy) is 6. The monoisotopic (exact) mass is 982 g/mol. The molecular weight excluding hydrogens is 930 g/mol. The summed E-state index contributed by atoms with van der Waals surface area (Å²) in [7, 11) is 0. The smallest absolute Gasteiger partial charge is 0.266 e. The third-order valence-corrected chi connectivity index (χ3v) is 12.3. The standard InChI is InChI=1S/C46H53Cl2FN8O11/c1-28(40-33(47)5-6-34(49)42(40)48)68-37-23-29(24-52-43(37)50)30-25-53-56(26-30)31-9-12-55(13-10-31)14-16-64-18-20-66-22-21-65-19-17-63-15-11-51-39(59)27-67-36-4-2-3-32-41(36)46(62)57(45(32)61)35-7-8-38(58)54-44(35)60/h2-6,23-26,28,31,35H,7-22,27H2,1H3,(H2,50,52)(H,51,59)(H,54,58,60)/t28-,35?/m1/s1. The largest absolute Gasteiger partial charge is 0.483 e. The van der Waals surface area contributed by atoms with E-state index in [1.165, 1.54) is 30.3 Å². The number of nitrogens with two attached hydrogens (primary N) is 1. The summed E-state index contributed by atoms with van der Waals surface area (Å²) >= 11 is 12.5. The van der Waals surface area contributed by atoms with Gasteiger partial charge in [0.15, 0.2) is 18.2 Å². The number of hydrogen-bond donors (Lipinski definition) is 3. The van der Waals surface area contributed by atoms with Crippen LogP contribution >= 0.6 is 23.2 Å². The van der Waals surface area contributed by atoms with Crippen molar-refractivity contribution in [1.82, 2.24) is 35.2 Å². The lowest BCUT2D eigenvalue weighted by Crippen LogP contribution is -2.54. The zero-order chi connectivity index (χ0) is 48.2. The number of carbonyl (C=O) groups is 5. The highest BCUT2D eigenvalue weighted by molar-refractivity contribution is 6.36. The van der Waals surface area contributed by atoms with E-state index in [9.17, 15) is 28.4 Å². The van der Waals surface area contributed by atoms with Gasteiger partial charge >= 0.3 is 0 Å². The molecule has 3 aliphatic heterocycles. The summed E-state index contributed by atoms with van der Waals surface area (Å²) in [6.45, 7) is 7.36. The Morgan fingerprint density at radius 3 is 2.32 bits per heavy atom. The van der Waals surface area contributed by atoms with Crippen molar-refractivity contribution in [3.05, 3.63) is 87.5 Å². The van der Waals surface area contributed by atoms with Gasteiger partial charge < -0.3 is 44.4 Å². The summed E-state index contributed by atoms with van der Waals surface area (Å²) in [5, 5.41) is 9.64. The number of anilines is 1. The van der Waals surface area contributed by atoms with E-state index in [4.69, 9.17) is 57.4 Å². The number of amides is 5. The number of piperidine rings is 2. The Hall–Kier alpha value is -5.74. The van der Waals surface area contributed by atoms with E-state index in [0.717, 1.165) is 48.5 Å². The van der Waals surface area contributed by atoms with E-state index in [0.29, 0.717) is 57.6 Å². The zero-order valence-corrected chi connectivity index (χ0v) is 38.9. The van der Waals surface area contributed by atoms with Crippen molar-refractivity contribution in [2.45, 2.75) is 50.8 Å². The van der Waals surface area contributed by atoms with Crippen LogP contribution in [0.1, 0.15) is 71.0 Å². The Kier molecular flexibility index (Phi) is 17.7. The fourth-order valence-corrected chi connectivity index (χ4v) is 8.66. The molecule has 2 aromatic carbocycles. The first-order chi connectivity index (χ1) is 32.9. The van der Waals surface area contributed by atoms with Crippen molar-refractivity contribution in [3.63, 3.8) is 0 Å². The van der Waals surface area contributed by atoms with E-state index >= 15 is 0 Å². The third-order valence-electron chi connectivity index (χ3n) is 11.6. The van der Waals surface area contributed by atoms with Gasteiger partial charge in [-0.1, -0.05) is 29.3 Å². The summed E-state index contributed by atoms with van der Waals surface area (Å²) in [6.07, 6.45) is 6.67. The fraction of sp³-hybridized carbons (Fsp3) is 0.457. The van der Waals surface area contributed by atoms with Crippen molar-refractivity contribution in [2.24, 2.45) is 0 Å². The van der Waals surface area contributed by atoms with Crippen LogP contribution in [0.3, 0.4) is 0 Å². The van der Waals surface area contributed by atoms with Crippen LogP contribution in [0.4, 0.5) is 10.2 Å². The number of halogens is 3. The highest BCUT2D eigenvalue weighted by Gasteiger charge is 2.46. The molecule has 0 spiro atoms. The van der Waals surface area contributed by atoms with Gasteiger partial charge in [0.1, 0.15) is 23.7 Å². The van der Waals surface area contributed by atoms with Gasteiger partial charge in [0, 0.05) is 66.7 Å². The molecule has 4 aromatic rings. The molecule has 2 atom stereocenters. The lowest BCUT2D eigenvalue weighted by Gasteiger charge is -2.31. The summed E-state index contributed by atoms with van der Waals surface area (Å²) < 4.78 is 50.2. The van der Waals surface area contributed by atoms with Crippen LogP contribution in [-0.4, -0.2) is 146 Å². The van der Waals surface area contributed by atoms with Gasteiger partial charge in [-0.15, -0.1) is 0 Å². The lowest BCUT2D eigenvalue weighted by molar-refractivity contribution is -0.136. The Morgan fingerprint density at radius 1 is 0.897 bits per heavy atom. The molecule has 2 saturated heterocycles.